The lowest BCUT2D eigenvalue weighted by Gasteiger charge is -2.36. The van der Waals surface area contributed by atoms with E-state index in [-0.39, 0.29) is 12.1 Å². The summed E-state index contributed by atoms with van der Waals surface area (Å²) in [4.78, 5) is 18.4. The minimum atomic E-state index is -0.157. The van der Waals surface area contributed by atoms with E-state index < -0.39 is 0 Å². The van der Waals surface area contributed by atoms with Crippen molar-refractivity contribution in [2.45, 2.75) is 25.3 Å². The monoisotopic (exact) mass is 336 g/mol. The zero-order valence-corrected chi connectivity index (χ0v) is 14.9. The van der Waals surface area contributed by atoms with Gasteiger partial charge in [-0.1, -0.05) is 5.21 Å². The summed E-state index contributed by atoms with van der Waals surface area (Å²) in [6.07, 6.45) is 3.36. The molecule has 1 atom stereocenters. The van der Waals surface area contributed by atoms with Crippen LogP contribution >= 0.6 is 0 Å². The highest BCUT2D eigenvalue weighted by molar-refractivity contribution is 5.74. The van der Waals surface area contributed by atoms with Crippen LogP contribution < -0.4 is 0 Å². The summed E-state index contributed by atoms with van der Waals surface area (Å²) in [6.45, 7) is 5.14. The summed E-state index contributed by atoms with van der Waals surface area (Å²) in [6, 6.07) is -0.157. The topological polar surface area (TPSA) is 66.7 Å². The molecule has 24 heavy (non-hydrogen) atoms. The van der Waals surface area contributed by atoms with Gasteiger partial charge in [-0.3, -0.25) is 4.68 Å². The molecule has 1 unspecified atom stereocenters. The maximum absolute atomic E-state index is 12.5. The molecule has 0 bridgehead atoms. The van der Waals surface area contributed by atoms with Crippen molar-refractivity contribution >= 4 is 6.03 Å². The summed E-state index contributed by atoms with van der Waals surface area (Å²) in [5.74, 6) is 0. The van der Waals surface area contributed by atoms with Gasteiger partial charge >= 0.3 is 6.03 Å². The number of carbonyl (C=O) groups excluding carboxylic acids is 1. The van der Waals surface area contributed by atoms with Gasteiger partial charge in [0.1, 0.15) is 11.7 Å². The molecule has 0 aromatic carbocycles. The number of likely N-dealkylation sites (tertiary alicyclic amines) is 1. The largest absolute Gasteiger partial charge is 0.378 e. The normalized spacial score (nSPS) is 21.1. The first-order valence-corrected chi connectivity index (χ1v) is 8.74. The molecule has 8 nitrogen and oxygen atoms in total. The van der Waals surface area contributed by atoms with Crippen LogP contribution in [0.1, 0.15) is 30.3 Å². The van der Waals surface area contributed by atoms with E-state index >= 15 is 0 Å². The van der Waals surface area contributed by atoms with Gasteiger partial charge < -0.3 is 19.4 Å². The molecule has 3 rings (SSSR count). The average Bonchev–Trinajstić information content (AvgIpc) is 3.21. The van der Waals surface area contributed by atoms with Crippen molar-refractivity contribution in [3.05, 3.63) is 11.4 Å². The third-order valence-electron chi connectivity index (χ3n) is 4.91. The van der Waals surface area contributed by atoms with E-state index in [4.69, 9.17) is 4.74 Å². The zero-order valence-electron chi connectivity index (χ0n) is 14.9. The van der Waals surface area contributed by atoms with Crippen LogP contribution in [0.15, 0.2) is 0 Å². The maximum Gasteiger partial charge on any atom is 0.320 e. The van der Waals surface area contributed by atoms with Gasteiger partial charge in [0.05, 0.1) is 18.9 Å². The predicted molar refractivity (Wildman–Crippen MR) is 89.7 cm³/mol. The number of nitrogens with zero attached hydrogens (tertiary/aromatic N) is 6. The minimum absolute atomic E-state index is 0.000513. The van der Waals surface area contributed by atoms with Crippen LogP contribution in [-0.2, 0) is 18.2 Å². The molecule has 0 N–H and O–H groups in total. The zero-order chi connectivity index (χ0) is 17.1. The molecule has 2 aliphatic rings. The van der Waals surface area contributed by atoms with Gasteiger partial charge in [0.15, 0.2) is 0 Å². The number of rotatable bonds is 5. The Balaban J connectivity index is 1.64. The van der Waals surface area contributed by atoms with E-state index in [2.05, 4.69) is 15.2 Å². The minimum Gasteiger partial charge on any atom is -0.378 e. The molecule has 2 amide bonds. The lowest BCUT2D eigenvalue weighted by Crippen LogP contribution is -2.47. The van der Waals surface area contributed by atoms with Crippen molar-refractivity contribution in [2.75, 3.05) is 53.5 Å². The van der Waals surface area contributed by atoms with Gasteiger partial charge in [-0.25, -0.2) is 4.79 Å². The first-order chi connectivity index (χ1) is 11.6. The van der Waals surface area contributed by atoms with Gasteiger partial charge in [0.2, 0.25) is 0 Å². The molecule has 1 aromatic rings. The van der Waals surface area contributed by atoms with Crippen molar-refractivity contribution in [1.82, 2.24) is 29.7 Å². The SMILES string of the molecule is CN(C)C(=O)N1CCc2c(nnn2C)C1COCCN1CCCC1. The number of aromatic nitrogens is 3. The Morgan fingerprint density at radius 1 is 1.29 bits per heavy atom. The van der Waals surface area contributed by atoms with Gasteiger partial charge in [0.25, 0.3) is 0 Å². The van der Waals surface area contributed by atoms with E-state index in [1.54, 1.807) is 19.0 Å². The fourth-order valence-corrected chi connectivity index (χ4v) is 3.52. The molecular formula is C16H28N6O2. The van der Waals surface area contributed by atoms with Crippen molar-refractivity contribution in [3.63, 3.8) is 0 Å². The second-order valence-electron chi connectivity index (χ2n) is 6.80. The number of urea groups is 1. The first kappa shape index (κ1) is 17.2. The highest BCUT2D eigenvalue weighted by atomic mass is 16.5. The number of hydrogen-bond donors (Lipinski definition) is 0. The molecule has 3 heterocycles. The quantitative estimate of drug-likeness (QED) is 0.733. The third kappa shape index (κ3) is 3.54. The van der Waals surface area contributed by atoms with Crippen LogP contribution in [0.3, 0.4) is 0 Å². The summed E-state index contributed by atoms with van der Waals surface area (Å²) in [7, 11) is 5.46. The van der Waals surface area contributed by atoms with E-state index in [9.17, 15) is 4.79 Å². The lowest BCUT2D eigenvalue weighted by atomic mass is 10.0. The predicted octanol–water partition coefficient (Wildman–Crippen LogP) is 0.508. The average molecular weight is 336 g/mol. The van der Waals surface area contributed by atoms with Crippen LogP contribution in [0.2, 0.25) is 0 Å². The Morgan fingerprint density at radius 2 is 2.04 bits per heavy atom. The molecule has 8 heteroatoms. The molecule has 1 aromatic heterocycles. The number of carbonyl (C=O) groups is 1. The van der Waals surface area contributed by atoms with Gasteiger partial charge in [-0.2, -0.15) is 0 Å². The molecule has 2 aliphatic heterocycles. The molecule has 134 valence electrons. The fourth-order valence-electron chi connectivity index (χ4n) is 3.52. The molecule has 0 aliphatic carbocycles. The van der Waals surface area contributed by atoms with Gasteiger partial charge in [-0.15, -0.1) is 5.10 Å². The summed E-state index contributed by atoms with van der Waals surface area (Å²) < 4.78 is 7.74. The number of amides is 2. The van der Waals surface area contributed by atoms with Crippen LogP contribution in [0.4, 0.5) is 4.79 Å². The van der Waals surface area contributed by atoms with Crippen molar-refractivity contribution in [1.29, 1.82) is 0 Å². The van der Waals surface area contributed by atoms with Crippen molar-refractivity contribution in [2.24, 2.45) is 7.05 Å². The van der Waals surface area contributed by atoms with Crippen LogP contribution in [-0.4, -0.2) is 89.2 Å². The Hall–Kier alpha value is -1.67. The molecule has 0 spiro atoms. The molecular weight excluding hydrogens is 308 g/mol. The Kier molecular flexibility index (Phi) is 5.35. The first-order valence-electron chi connectivity index (χ1n) is 8.74. The molecule has 0 saturated carbocycles. The standard InChI is InChI=1S/C16H28N6O2/c1-19(2)16(23)22-9-6-13-15(17-18-20(13)3)14(22)12-24-11-10-21-7-4-5-8-21/h14H,4-12H2,1-3H3. The number of fused-ring (bicyclic) bond motifs is 1. The fraction of sp³-hybridized carbons (Fsp3) is 0.812. The molecule has 1 saturated heterocycles. The highest BCUT2D eigenvalue weighted by Crippen LogP contribution is 2.28. The van der Waals surface area contributed by atoms with Crippen molar-refractivity contribution < 1.29 is 9.53 Å². The van der Waals surface area contributed by atoms with Crippen LogP contribution in [0, 0.1) is 0 Å². The third-order valence-corrected chi connectivity index (χ3v) is 4.91. The molecule has 0 radical (unpaired) electrons. The van der Waals surface area contributed by atoms with Crippen LogP contribution in [0.25, 0.3) is 0 Å². The summed E-state index contributed by atoms with van der Waals surface area (Å²) >= 11 is 0. The summed E-state index contributed by atoms with van der Waals surface area (Å²) in [5, 5.41) is 8.43. The van der Waals surface area contributed by atoms with Gasteiger partial charge in [-0.05, 0) is 25.9 Å². The van der Waals surface area contributed by atoms with E-state index in [1.165, 1.54) is 25.9 Å². The van der Waals surface area contributed by atoms with E-state index in [1.807, 2.05) is 16.6 Å². The van der Waals surface area contributed by atoms with Crippen molar-refractivity contribution in [3.8, 4) is 0 Å². The Bertz CT molecular complexity index is 567. The second-order valence-corrected chi connectivity index (χ2v) is 6.80. The maximum atomic E-state index is 12.5. The van der Waals surface area contributed by atoms with Gasteiger partial charge in [0, 0.05) is 40.7 Å². The number of hydrogen-bond acceptors (Lipinski definition) is 5. The second kappa shape index (κ2) is 7.48. The van der Waals surface area contributed by atoms with Crippen LogP contribution in [0.5, 0.6) is 0 Å². The number of aryl methyl sites for hydroxylation is 1. The van der Waals surface area contributed by atoms with E-state index in [0.29, 0.717) is 19.8 Å². The van der Waals surface area contributed by atoms with E-state index in [0.717, 1.165) is 24.4 Å². The molecule has 1 fully saturated rings. The Labute approximate surface area is 143 Å². The smallest absolute Gasteiger partial charge is 0.320 e. The lowest BCUT2D eigenvalue weighted by molar-refractivity contribution is 0.0499. The highest BCUT2D eigenvalue weighted by Gasteiger charge is 2.35. The Morgan fingerprint density at radius 3 is 2.75 bits per heavy atom. The summed E-state index contributed by atoms with van der Waals surface area (Å²) in [5.41, 5.74) is 1.98. The number of ether oxygens (including phenoxy) is 1.